The Balaban J connectivity index is 1.59. The molecule has 2 aliphatic rings. The van der Waals surface area contributed by atoms with Gasteiger partial charge in [-0.3, -0.25) is 14.4 Å². The molecule has 2 aromatic rings. The number of nitrogens with one attached hydrogen (secondary N) is 1. The van der Waals surface area contributed by atoms with Gasteiger partial charge in [-0.1, -0.05) is 30.3 Å². The molecule has 11 heteroatoms. The highest BCUT2D eigenvalue weighted by Crippen LogP contribution is 2.38. The Kier molecular flexibility index (Phi) is 7.50. The third-order valence-electron chi connectivity index (χ3n) is 6.75. The van der Waals surface area contributed by atoms with E-state index in [-0.39, 0.29) is 24.7 Å². The number of benzene rings is 2. The van der Waals surface area contributed by atoms with E-state index in [4.69, 9.17) is 10.5 Å². The minimum atomic E-state index is -1.31. The lowest BCUT2D eigenvalue weighted by Gasteiger charge is -2.40. The molecule has 3 N–H and O–H groups in total. The van der Waals surface area contributed by atoms with Crippen molar-refractivity contribution < 1.29 is 27.9 Å². The first-order valence-corrected chi connectivity index (χ1v) is 12.3. The van der Waals surface area contributed by atoms with Gasteiger partial charge >= 0.3 is 0 Å². The number of hydrogen-bond acceptors (Lipinski definition) is 6. The number of fused-ring (bicyclic) bond motifs is 1. The topological polar surface area (TPSA) is 117 Å². The molecule has 2 atom stereocenters. The number of carbonyl (C=O) groups excluding carboxylic acids is 3. The third-order valence-corrected chi connectivity index (χ3v) is 6.75. The molecule has 202 valence electrons. The molecule has 0 bridgehead atoms. The van der Waals surface area contributed by atoms with Crippen molar-refractivity contribution in [1.29, 1.82) is 0 Å². The van der Waals surface area contributed by atoms with E-state index >= 15 is 0 Å². The van der Waals surface area contributed by atoms with Gasteiger partial charge in [-0.25, -0.2) is 13.8 Å². The van der Waals surface area contributed by atoms with Crippen molar-refractivity contribution in [2.45, 2.75) is 38.3 Å². The van der Waals surface area contributed by atoms with Crippen molar-refractivity contribution in [1.82, 2.24) is 15.2 Å². The fourth-order valence-corrected chi connectivity index (χ4v) is 4.72. The summed E-state index contributed by atoms with van der Waals surface area (Å²) in [7, 11) is 1.59. The molecule has 0 radical (unpaired) electrons. The second kappa shape index (κ2) is 10.5. The fourth-order valence-electron chi connectivity index (χ4n) is 4.72. The number of nitrogens with two attached hydrogens (primary N) is 1. The summed E-state index contributed by atoms with van der Waals surface area (Å²) in [5, 5.41) is 8.35. The van der Waals surface area contributed by atoms with Crippen molar-refractivity contribution in [3.8, 4) is 5.75 Å². The second-order valence-corrected chi connectivity index (χ2v) is 10.3. The molecule has 2 heterocycles. The number of halogens is 2. The van der Waals surface area contributed by atoms with Crippen LogP contribution in [0, 0.1) is 17.0 Å². The number of likely N-dealkylation sites (tertiary alicyclic amines) is 1. The molecule has 0 spiro atoms. The van der Waals surface area contributed by atoms with Gasteiger partial charge < -0.3 is 20.7 Å². The van der Waals surface area contributed by atoms with Gasteiger partial charge in [0.1, 0.15) is 23.9 Å². The number of hydrazone groups is 1. The summed E-state index contributed by atoms with van der Waals surface area (Å²) in [5.74, 6) is -3.34. The van der Waals surface area contributed by atoms with Crippen molar-refractivity contribution in [3.63, 3.8) is 0 Å². The lowest BCUT2D eigenvalue weighted by Crippen LogP contribution is -2.62. The maximum absolute atomic E-state index is 14.2. The van der Waals surface area contributed by atoms with Gasteiger partial charge in [0.25, 0.3) is 5.91 Å². The highest BCUT2D eigenvalue weighted by atomic mass is 19.1. The van der Waals surface area contributed by atoms with Crippen molar-refractivity contribution >= 4 is 23.4 Å². The predicted octanol–water partition coefficient (Wildman–Crippen LogP) is 1.86. The largest absolute Gasteiger partial charge is 0.488 e. The van der Waals surface area contributed by atoms with Crippen molar-refractivity contribution in [2.75, 3.05) is 26.7 Å². The predicted molar refractivity (Wildman–Crippen MR) is 136 cm³/mol. The summed E-state index contributed by atoms with van der Waals surface area (Å²) in [4.78, 5) is 41.3. The van der Waals surface area contributed by atoms with Crippen molar-refractivity contribution in [2.24, 2.45) is 16.3 Å². The Bertz CT molecular complexity index is 1260. The molecular weight excluding hydrogens is 496 g/mol. The lowest BCUT2D eigenvalue weighted by atomic mass is 9.73. The van der Waals surface area contributed by atoms with Gasteiger partial charge in [-0.15, -0.1) is 0 Å². The van der Waals surface area contributed by atoms with E-state index in [2.05, 4.69) is 10.4 Å². The van der Waals surface area contributed by atoms with Crippen LogP contribution in [-0.2, 0) is 20.8 Å². The van der Waals surface area contributed by atoms with E-state index in [0.717, 1.165) is 17.7 Å². The van der Waals surface area contributed by atoms with E-state index in [1.165, 1.54) is 23.8 Å². The number of hydrogen-bond donors (Lipinski definition) is 2. The summed E-state index contributed by atoms with van der Waals surface area (Å²) in [6.45, 7) is 2.84. The molecule has 9 nitrogen and oxygen atoms in total. The maximum atomic E-state index is 14.2. The monoisotopic (exact) mass is 527 g/mol. The molecular formula is C27H31F2N5O4. The molecule has 0 aliphatic carbocycles. The molecule has 1 saturated heterocycles. The van der Waals surface area contributed by atoms with E-state index in [9.17, 15) is 23.2 Å². The Morgan fingerprint density at radius 1 is 1.21 bits per heavy atom. The Morgan fingerprint density at radius 2 is 1.92 bits per heavy atom. The number of piperidine rings is 1. The zero-order valence-electron chi connectivity index (χ0n) is 21.5. The Morgan fingerprint density at radius 3 is 2.58 bits per heavy atom. The van der Waals surface area contributed by atoms with Crippen LogP contribution in [0.4, 0.5) is 8.78 Å². The van der Waals surface area contributed by atoms with Crippen LogP contribution >= 0.6 is 0 Å². The summed E-state index contributed by atoms with van der Waals surface area (Å²) < 4.78 is 33.0. The van der Waals surface area contributed by atoms with Crippen LogP contribution in [-0.4, -0.2) is 71.7 Å². The minimum Gasteiger partial charge on any atom is -0.488 e. The smallest absolute Gasteiger partial charge is 0.256 e. The molecule has 2 aromatic carbocycles. The van der Waals surface area contributed by atoms with E-state index in [1.807, 2.05) is 30.3 Å². The average Bonchev–Trinajstić information content (AvgIpc) is 3.11. The second-order valence-electron chi connectivity index (χ2n) is 10.3. The third kappa shape index (κ3) is 5.52. The van der Waals surface area contributed by atoms with E-state index < -0.39 is 47.1 Å². The summed E-state index contributed by atoms with van der Waals surface area (Å²) in [6.07, 6.45) is 0.717. The molecule has 0 aromatic heterocycles. The normalized spacial score (nSPS) is 20.1. The van der Waals surface area contributed by atoms with Crippen LogP contribution in [0.25, 0.3) is 0 Å². The van der Waals surface area contributed by atoms with Crippen LogP contribution in [0.2, 0.25) is 0 Å². The van der Waals surface area contributed by atoms with E-state index in [0.29, 0.717) is 24.6 Å². The summed E-state index contributed by atoms with van der Waals surface area (Å²) >= 11 is 0. The molecule has 38 heavy (non-hydrogen) atoms. The van der Waals surface area contributed by atoms with Crippen LogP contribution in [0.5, 0.6) is 5.75 Å². The van der Waals surface area contributed by atoms with Crippen molar-refractivity contribution in [3.05, 3.63) is 65.7 Å². The number of carbonyl (C=O) groups is 3. The number of nitrogens with zero attached hydrogens (tertiary/aromatic N) is 3. The fraction of sp³-hybridized carbons (Fsp3) is 0.407. The molecule has 3 amide bonds. The van der Waals surface area contributed by atoms with Crippen LogP contribution < -0.4 is 15.8 Å². The minimum absolute atomic E-state index is 0.0477. The first-order valence-electron chi connectivity index (χ1n) is 12.3. The molecule has 4 rings (SSSR count). The Hall–Kier alpha value is -3.86. The number of amides is 3. The van der Waals surface area contributed by atoms with Gasteiger partial charge in [-0.05, 0) is 38.0 Å². The highest BCUT2D eigenvalue weighted by Gasteiger charge is 2.54. The van der Waals surface area contributed by atoms with Crippen LogP contribution in [0.3, 0.4) is 0 Å². The van der Waals surface area contributed by atoms with Crippen LogP contribution in [0.1, 0.15) is 25.8 Å². The van der Waals surface area contributed by atoms with Gasteiger partial charge in [0.2, 0.25) is 11.8 Å². The first-order chi connectivity index (χ1) is 17.9. The summed E-state index contributed by atoms with van der Waals surface area (Å²) in [6, 6.07) is 11.0. The highest BCUT2D eigenvalue weighted by molar-refractivity contribution is 6.13. The zero-order valence-corrected chi connectivity index (χ0v) is 21.5. The zero-order chi connectivity index (χ0) is 27.7. The summed E-state index contributed by atoms with van der Waals surface area (Å²) in [5.41, 5.74) is 5.19. The van der Waals surface area contributed by atoms with Crippen LogP contribution in [0.15, 0.2) is 53.6 Å². The average molecular weight is 528 g/mol. The van der Waals surface area contributed by atoms with Gasteiger partial charge in [0, 0.05) is 32.6 Å². The standard InChI is InChI=1S/C27H31F2N5O4/c1-26(2,30)24(36)31-20(15-38-21-10-9-18(28)13-19(21)29)23(35)34-12-11-22-27(16-34,25(37)33(3)32-22)14-17-7-5-4-6-8-17/h4-10,13,20H,11-12,14-16,30H2,1-3H3,(H,31,36)/t20-,27-/m1/s1. The van der Waals surface area contributed by atoms with Gasteiger partial charge in [0.15, 0.2) is 11.6 Å². The maximum Gasteiger partial charge on any atom is 0.256 e. The van der Waals surface area contributed by atoms with Gasteiger partial charge in [0.05, 0.1) is 11.3 Å². The van der Waals surface area contributed by atoms with Gasteiger partial charge in [-0.2, -0.15) is 5.10 Å². The molecule has 2 aliphatic heterocycles. The Labute approximate surface area is 219 Å². The number of ether oxygens (including phenoxy) is 1. The lowest BCUT2D eigenvalue weighted by molar-refractivity contribution is -0.143. The molecule has 0 unspecified atom stereocenters. The quantitative estimate of drug-likeness (QED) is 0.544. The SMILES string of the molecule is CN1N=C2CCN(C(=O)[C@@H](COc3ccc(F)cc3F)NC(=O)C(C)(C)N)C[C@@]2(Cc2ccccc2)C1=O. The van der Waals surface area contributed by atoms with E-state index in [1.54, 1.807) is 7.05 Å². The first kappa shape index (κ1) is 27.2. The number of rotatable bonds is 8. The molecule has 0 saturated carbocycles. The molecule has 1 fully saturated rings.